The van der Waals surface area contributed by atoms with Crippen LogP contribution in [0.4, 0.5) is 4.79 Å². The second-order valence-electron chi connectivity index (χ2n) is 8.23. The summed E-state index contributed by atoms with van der Waals surface area (Å²) < 4.78 is 5.77. The number of hydrogen-bond acceptors (Lipinski definition) is 6. The van der Waals surface area contributed by atoms with Gasteiger partial charge in [-0.25, -0.2) is 10.2 Å². The van der Waals surface area contributed by atoms with E-state index in [1.54, 1.807) is 6.07 Å². The zero-order chi connectivity index (χ0) is 22.6. The van der Waals surface area contributed by atoms with Gasteiger partial charge in [0.1, 0.15) is 5.71 Å². The van der Waals surface area contributed by atoms with Crippen molar-refractivity contribution < 1.29 is 19.1 Å². The van der Waals surface area contributed by atoms with E-state index in [0.717, 1.165) is 30.4 Å². The highest BCUT2D eigenvalue weighted by Gasteiger charge is 2.46. The molecule has 31 heavy (non-hydrogen) atoms. The fourth-order valence-electron chi connectivity index (χ4n) is 4.40. The third-order valence-electron chi connectivity index (χ3n) is 6.01. The molecule has 0 bridgehead atoms. The topological polar surface area (TPSA) is 133 Å². The summed E-state index contributed by atoms with van der Waals surface area (Å²) in [5.41, 5.74) is 4.51. The van der Waals surface area contributed by atoms with E-state index in [0.29, 0.717) is 30.0 Å². The quantitative estimate of drug-likeness (QED) is 0.634. The van der Waals surface area contributed by atoms with E-state index in [9.17, 15) is 19.6 Å². The lowest BCUT2D eigenvalue weighted by Gasteiger charge is -2.42. The lowest BCUT2D eigenvalue weighted by Crippen LogP contribution is -2.52. The van der Waals surface area contributed by atoms with Gasteiger partial charge in [-0.2, -0.15) is 10.4 Å². The molecule has 164 valence electrons. The molecular weight excluding hydrogens is 398 g/mol. The minimum atomic E-state index is -0.811. The number of hydrazone groups is 1. The normalized spacial score (nSPS) is 23.6. The molecule has 3 rings (SSSR count). The average Bonchev–Trinajstić information content (AvgIpc) is 2.74. The van der Waals surface area contributed by atoms with Crippen molar-refractivity contribution in [3.8, 4) is 6.07 Å². The Balaban J connectivity index is 1.70. The van der Waals surface area contributed by atoms with Crippen LogP contribution in [0.2, 0.25) is 0 Å². The lowest BCUT2D eigenvalue weighted by atomic mass is 9.72. The minimum Gasteiger partial charge on any atom is -0.435 e. The molecule has 1 heterocycles. The Kier molecular flexibility index (Phi) is 6.59. The van der Waals surface area contributed by atoms with Crippen molar-refractivity contribution in [2.24, 2.45) is 11.0 Å². The number of nitrogens with zero attached hydrogens (tertiary/aromatic N) is 2. The number of carbonyl (C=O) groups excluding carboxylic acids is 3. The van der Waals surface area contributed by atoms with Crippen LogP contribution in [-0.4, -0.2) is 42.3 Å². The number of hydrogen-bond donors (Lipinski definition) is 3. The summed E-state index contributed by atoms with van der Waals surface area (Å²) in [6.45, 7) is 3.74. The van der Waals surface area contributed by atoms with Gasteiger partial charge in [0.2, 0.25) is 0 Å². The molecule has 1 aliphatic carbocycles. The summed E-state index contributed by atoms with van der Waals surface area (Å²) in [6.07, 6.45) is 2.97. The van der Waals surface area contributed by atoms with Gasteiger partial charge in [-0.15, -0.1) is 0 Å². The minimum absolute atomic E-state index is 0.145. The molecule has 0 saturated heterocycles. The summed E-state index contributed by atoms with van der Waals surface area (Å²) >= 11 is 0. The lowest BCUT2D eigenvalue weighted by molar-refractivity contribution is -0.139. The van der Waals surface area contributed by atoms with E-state index in [4.69, 9.17) is 4.74 Å². The Morgan fingerprint density at radius 3 is 2.68 bits per heavy atom. The van der Waals surface area contributed by atoms with Crippen LogP contribution < -0.4 is 16.1 Å². The molecule has 0 unspecified atom stereocenters. The number of amides is 3. The number of carbonyl (C=O) groups is 3. The smallest absolute Gasteiger partial charge is 0.428 e. The third kappa shape index (κ3) is 4.85. The highest BCUT2D eigenvalue weighted by atomic mass is 16.6. The first kappa shape index (κ1) is 22.3. The summed E-state index contributed by atoms with van der Waals surface area (Å²) in [7, 11) is 1.42. The van der Waals surface area contributed by atoms with Crippen LogP contribution in [0, 0.1) is 24.2 Å². The Morgan fingerprint density at radius 2 is 2.06 bits per heavy atom. The van der Waals surface area contributed by atoms with E-state index < -0.39 is 23.5 Å². The van der Waals surface area contributed by atoms with Crippen molar-refractivity contribution in [1.82, 2.24) is 16.1 Å². The number of ether oxygens (including phenoxy) is 1. The van der Waals surface area contributed by atoms with Crippen LogP contribution in [-0.2, 0) is 14.3 Å². The van der Waals surface area contributed by atoms with Crippen LogP contribution in [0.15, 0.2) is 23.3 Å². The average molecular weight is 425 g/mol. The molecule has 3 N–H and O–H groups in total. The standard InChI is InChI=1S/C22H27N5O4/c1-13-10-16(4-5-17(13)12-23)18-22(31-21(30)27-26-18)8-6-15(7-9-22)11-14(2)25-20(29)19(28)24-3/h4-5,10,14-15H,6-9,11H2,1-3H3,(H,24,28)(H,25,29)(H,27,30)/t14-,15?,22?/m0/s1. The molecule has 1 fully saturated rings. The van der Waals surface area contributed by atoms with Crippen molar-refractivity contribution in [2.75, 3.05) is 7.05 Å². The first-order chi connectivity index (χ1) is 14.8. The number of aryl methyl sites for hydroxylation is 1. The van der Waals surface area contributed by atoms with E-state index in [2.05, 4.69) is 27.2 Å². The summed E-state index contributed by atoms with van der Waals surface area (Å²) in [4.78, 5) is 35.1. The third-order valence-corrected chi connectivity index (χ3v) is 6.01. The molecule has 1 saturated carbocycles. The Hall–Kier alpha value is -3.41. The molecule has 1 spiro atoms. The summed E-state index contributed by atoms with van der Waals surface area (Å²) in [5.74, 6) is -0.974. The van der Waals surface area contributed by atoms with Crippen LogP contribution in [0.3, 0.4) is 0 Å². The maximum atomic E-state index is 12.0. The maximum Gasteiger partial charge on any atom is 0.428 e. The van der Waals surface area contributed by atoms with Gasteiger partial charge in [-0.3, -0.25) is 9.59 Å². The van der Waals surface area contributed by atoms with Crippen molar-refractivity contribution in [3.63, 3.8) is 0 Å². The SMILES string of the molecule is CNC(=O)C(=O)N[C@@H](C)CC1CCC2(CC1)OC(=O)NN=C2c1ccc(C#N)c(C)c1. The van der Waals surface area contributed by atoms with Gasteiger partial charge in [0.25, 0.3) is 0 Å². The van der Waals surface area contributed by atoms with Gasteiger partial charge >= 0.3 is 17.9 Å². The molecule has 1 aromatic rings. The van der Waals surface area contributed by atoms with Crippen molar-refractivity contribution >= 4 is 23.6 Å². The number of rotatable bonds is 4. The molecular formula is C22H27N5O4. The first-order valence-electron chi connectivity index (χ1n) is 10.4. The molecule has 9 heteroatoms. The predicted octanol–water partition coefficient (Wildman–Crippen LogP) is 1.88. The second-order valence-corrected chi connectivity index (χ2v) is 8.23. The van der Waals surface area contributed by atoms with Crippen LogP contribution in [0.5, 0.6) is 0 Å². The summed E-state index contributed by atoms with van der Waals surface area (Å²) in [6, 6.07) is 7.48. The van der Waals surface area contributed by atoms with Gasteiger partial charge < -0.3 is 15.4 Å². The van der Waals surface area contributed by atoms with Crippen molar-refractivity contribution in [3.05, 3.63) is 34.9 Å². The number of likely N-dealkylation sites (N-methyl/N-ethyl adjacent to an activating group) is 1. The van der Waals surface area contributed by atoms with Gasteiger partial charge in [-0.05, 0) is 69.6 Å². The van der Waals surface area contributed by atoms with Crippen LogP contribution >= 0.6 is 0 Å². The van der Waals surface area contributed by atoms with Crippen LogP contribution in [0.25, 0.3) is 0 Å². The second kappa shape index (κ2) is 9.16. The zero-order valence-corrected chi connectivity index (χ0v) is 17.9. The molecule has 3 amide bonds. The van der Waals surface area contributed by atoms with E-state index in [1.807, 2.05) is 26.0 Å². The molecule has 1 aliphatic heterocycles. The largest absolute Gasteiger partial charge is 0.435 e. The predicted molar refractivity (Wildman–Crippen MR) is 113 cm³/mol. The van der Waals surface area contributed by atoms with Gasteiger partial charge in [0, 0.05) is 18.7 Å². The molecule has 1 aromatic carbocycles. The van der Waals surface area contributed by atoms with E-state index in [1.165, 1.54) is 7.05 Å². The summed E-state index contributed by atoms with van der Waals surface area (Å²) in [5, 5.41) is 18.5. The Labute approximate surface area is 181 Å². The van der Waals surface area contributed by atoms with Crippen LogP contribution in [0.1, 0.15) is 55.7 Å². The molecule has 1 atom stereocenters. The van der Waals surface area contributed by atoms with Crippen molar-refractivity contribution in [1.29, 1.82) is 5.26 Å². The number of benzene rings is 1. The van der Waals surface area contributed by atoms with E-state index >= 15 is 0 Å². The molecule has 0 radical (unpaired) electrons. The van der Waals surface area contributed by atoms with Gasteiger partial charge in [-0.1, -0.05) is 6.07 Å². The fourth-order valence-corrected chi connectivity index (χ4v) is 4.40. The fraction of sp³-hybridized carbons (Fsp3) is 0.500. The maximum absolute atomic E-state index is 12.0. The van der Waals surface area contributed by atoms with Gasteiger partial charge in [0.05, 0.1) is 11.6 Å². The molecule has 0 aromatic heterocycles. The first-order valence-corrected chi connectivity index (χ1v) is 10.4. The van der Waals surface area contributed by atoms with Gasteiger partial charge in [0.15, 0.2) is 5.60 Å². The monoisotopic (exact) mass is 425 g/mol. The Morgan fingerprint density at radius 1 is 1.35 bits per heavy atom. The molecule has 9 nitrogen and oxygen atoms in total. The number of nitrogens with one attached hydrogen (secondary N) is 3. The number of nitriles is 1. The van der Waals surface area contributed by atoms with E-state index in [-0.39, 0.29) is 6.04 Å². The van der Waals surface area contributed by atoms with Crippen molar-refractivity contribution in [2.45, 2.75) is 57.6 Å². The zero-order valence-electron chi connectivity index (χ0n) is 17.9. The Bertz CT molecular complexity index is 957. The highest BCUT2D eigenvalue weighted by molar-refractivity contribution is 6.35. The highest BCUT2D eigenvalue weighted by Crippen LogP contribution is 2.40. The molecule has 2 aliphatic rings.